The maximum atomic E-state index is 6.02. The van der Waals surface area contributed by atoms with Crippen molar-refractivity contribution in [2.45, 2.75) is 13.5 Å². The molecular formula is C24H27N3O2. The smallest absolute Gasteiger partial charge is 0.130 e. The van der Waals surface area contributed by atoms with Gasteiger partial charge in [-0.2, -0.15) is 0 Å². The molecule has 0 bridgehead atoms. The van der Waals surface area contributed by atoms with Crippen molar-refractivity contribution < 1.29 is 9.47 Å². The Balaban J connectivity index is 1.48. The molecule has 150 valence electrons. The summed E-state index contributed by atoms with van der Waals surface area (Å²) in [6, 6.07) is 24.8. The van der Waals surface area contributed by atoms with E-state index in [0.29, 0.717) is 6.61 Å². The van der Waals surface area contributed by atoms with E-state index in [1.165, 1.54) is 16.9 Å². The van der Waals surface area contributed by atoms with Crippen LogP contribution >= 0.6 is 0 Å². The van der Waals surface area contributed by atoms with Gasteiger partial charge in [0.05, 0.1) is 26.6 Å². The number of aryl methyl sites for hydroxylation is 1. The molecule has 29 heavy (non-hydrogen) atoms. The minimum atomic E-state index is 0.626. The zero-order valence-electron chi connectivity index (χ0n) is 17.0. The molecule has 3 aromatic rings. The van der Waals surface area contributed by atoms with Gasteiger partial charge in [-0.05, 0) is 60.5 Å². The van der Waals surface area contributed by atoms with E-state index < -0.39 is 0 Å². The Bertz CT molecular complexity index is 946. The van der Waals surface area contributed by atoms with Crippen molar-refractivity contribution in [3.8, 4) is 11.5 Å². The third-order valence-corrected chi connectivity index (χ3v) is 5.03. The first-order valence-corrected chi connectivity index (χ1v) is 9.85. The topological polar surface area (TPSA) is 37.0 Å². The number of anilines is 2. The standard InChI is InChI=1S/C24H27N3O2/c1-19-13-22(11-12-24(19)29-23-9-4-3-5-10-23)27-17-25-16-26(18-27)21-8-6-7-20(14-21)15-28-2/h3-14,25H,15-18H2,1-2H3. The van der Waals surface area contributed by atoms with Crippen molar-refractivity contribution in [3.63, 3.8) is 0 Å². The number of ether oxygens (including phenoxy) is 2. The highest BCUT2D eigenvalue weighted by Crippen LogP contribution is 2.29. The fourth-order valence-electron chi connectivity index (χ4n) is 3.54. The van der Waals surface area contributed by atoms with E-state index in [9.17, 15) is 0 Å². The van der Waals surface area contributed by atoms with Crippen molar-refractivity contribution in [1.29, 1.82) is 0 Å². The number of hydrogen-bond acceptors (Lipinski definition) is 5. The van der Waals surface area contributed by atoms with Gasteiger partial charge in [0.25, 0.3) is 0 Å². The number of methoxy groups -OCH3 is 1. The lowest BCUT2D eigenvalue weighted by atomic mass is 10.1. The first-order valence-electron chi connectivity index (χ1n) is 9.85. The van der Waals surface area contributed by atoms with E-state index in [-0.39, 0.29) is 0 Å². The largest absolute Gasteiger partial charge is 0.457 e. The fraction of sp³-hybridized carbons (Fsp3) is 0.250. The number of rotatable bonds is 6. The zero-order valence-corrected chi connectivity index (χ0v) is 17.0. The lowest BCUT2D eigenvalue weighted by molar-refractivity contribution is 0.185. The Hall–Kier alpha value is -3.02. The summed E-state index contributed by atoms with van der Waals surface area (Å²) >= 11 is 0. The number of benzene rings is 3. The highest BCUT2D eigenvalue weighted by atomic mass is 16.5. The Morgan fingerprint density at radius 1 is 0.862 bits per heavy atom. The minimum Gasteiger partial charge on any atom is -0.457 e. The fourth-order valence-corrected chi connectivity index (χ4v) is 3.54. The van der Waals surface area contributed by atoms with Crippen LogP contribution in [0.15, 0.2) is 72.8 Å². The third-order valence-electron chi connectivity index (χ3n) is 5.03. The molecule has 0 saturated carbocycles. The molecule has 0 aromatic heterocycles. The minimum absolute atomic E-state index is 0.626. The van der Waals surface area contributed by atoms with Gasteiger partial charge in [0.2, 0.25) is 0 Å². The highest BCUT2D eigenvalue weighted by molar-refractivity contribution is 5.57. The van der Waals surface area contributed by atoms with Crippen LogP contribution < -0.4 is 19.9 Å². The summed E-state index contributed by atoms with van der Waals surface area (Å²) in [5.41, 5.74) is 4.66. The maximum absolute atomic E-state index is 6.02. The predicted octanol–water partition coefficient (Wildman–Crippen LogP) is 4.72. The number of para-hydroxylation sites is 1. The molecule has 0 aliphatic carbocycles. The van der Waals surface area contributed by atoms with Gasteiger partial charge in [0.15, 0.2) is 0 Å². The molecule has 3 aromatic carbocycles. The Morgan fingerprint density at radius 2 is 1.62 bits per heavy atom. The van der Waals surface area contributed by atoms with Gasteiger partial charge in [-0.3, -0.25) is 5.32 Å². The Morgan fingerprint density at radius 3 is 2.34 bits per heavy atom. The molecule has 0 unspecified atom stereocenters. The van der Waals surface area contributed by atoms with E-state index in [0.717, 1.165) is 37.1 Å². The van der Waals surface area contributed by atoms with Gasteiger partial charge in [-0.1, -0.05) is 30.3 Å². The van der Waals surface area contributed by atoms with E-state index in [1.807, 2.05) is 30.3 Å². The SMILES string of the molecule is COCc1cccc(N2CNCN(c3ccc(Oc4ccccc4)c(C)c3)C2)c1. The lowest BCUT2D eigenvalue weighted by Crippen LogP contribution is -2.53. The van der Waals surface area contributed by atoms with Crippen LogP contribution in [0.2, 0.25) is 0 Å². The lowest BCUT2D eigenvalue weighted by Gasteiger charge is -2.39. The molecule has 1 fully saturated rings. The number of hydrogen-bond donors (Lipinski definition) is 1. The van der Waals surface area contributed by atoms with Crippen LogP contribution in [0, 0.1) is 6.92 Å². The molecule has 0 radical (unpaired) electrons. The Labute approximate surface area is 172 Å². The maximum Gasteiger partial charge on any atom is 0.130 e. The summed E-state index contributed by atoms with van der Waals surface area (Å²) in [6.07, 6.45) is 0. The van der Waals surface area contributed by atoms with Crippen molar-refractivity contribution in [2.75, 3.05) is 36.9 Å². The first-order chi connectivity index (χ1) is 14.2. The second-order valence-corrected chi connectivity index (χ2v) is 7.26. The van der Waals surface area contributed by atoms with Crippen molar-refractivity contribution in [3.05, 3.63) is 83.9 Å². The summed E-state index contributed by atoms with van der Waals surface area (Å²) in [7, 11) is 1.73. The van der Waals surface area contributed by atoms with Gasteiger partial charge in [-0.25, -0.2) is 0 Å². The molecule has 1 aliphatic rings. The molecule has 0 spiro atoms. The molecule has 4 rings (SSSR count). The van der Waals surface area contributed by atoms with Crippen LogP contribution in [0.5, 0.6) is 11.5 Å². The number of nitrogens with zero attached hydrogens (tertiary/aromatic N) is 2. The van der Waals surface area contributed by atoms with Crippen LogP contribution in [-0.4, -0.2) is 27.1 Å². The van der Waals surface area contributed by atoms with Gasteiger partial charge in [-0.15, -0.1) is 0 Å². The van der Waals surface area contributed by atoms with Gasteiger partial charge >= 0.3 is 0 Å². The van der Waals surface area contributed by atoms with E-state index >= 15 is 0 Å². The van der Waals surface area contributed by atoms with E-state index in [1.54, 1.807) is 7.11 Å². The van der Waals surface area contributed by atoms with Crippen LogP contribution in [0.1, 0.15) is 11.1 Å². The quantitative estimate of drug-likeness (QED) is 0.660. The second kappa shape index (κ2) is 8.99. The molecular weight excluding hydrogens is 362 g/mol. The van der Waals surface area contributed by atoms with Gasteiger partial charge in [0, 0.05) is 18.5 Å². The monoisotopic (exact) mass is 389 g/mol. The molecule has 1 heterocycles. The summed E-state index contributed by atoms with van der Waals surface area (Å²) in [5, 5.41) is 3.50. The third kappa shape index (κ3) is 4.70. The molecule has 5 heteroatoms. The summed E-state index contributed by atoms with van der Waals surface area (Å²) < 4.78 is 11.3. The van der Waals surface area contributed by atoms with Crippen LogP contribution in [0.4, 0.5) is 11.4 Å². The summed E-state index contributed by atoms with van der Waals surface area (Å²) in [4.78, 5) is 4.65. The second-order valence-electron chi connectivity index (χ2n) is 7.26. The average Bonchev–Trinajstić information content (AvgIpc) is 2.76. The molecule has 1 aliphatic heterocycles. The van der Waals surface area contributed by atoms with Crippen molar-refractivity contribution in [2.24, 2.45) is 0 Å². The molecule has 0 amide bonds. The van der Waals surface area contributed by atoms with Gasteiger partial charge < -0.3 is 19.3 Å². The van der Waals surface area contributed by atoms with Crippen molar-refractivity contribution in [1.82, 2.24) is 5.32 Å². The predicted molar refractivity (Wildman–Crippen MR) is 118 cm³/mol. The van der Waals surface area contributed by atoms with Crippen LogP contribution in [0.25, 0.3) is 0 Å². The van der Waals surface area contributed by atoms with Crippen LogP contribution in [0.3, 0.4) is 0 Å². The molecule has 5 nitrogen and oxygen atoms in total. The Kier molecular flexibility index (Phi) is 5.98. The van der Waals surface area contributed by atoms with E-state index in [2.05, 4.69) is 64.5 Å². The summed E-state index contributed by atoms with van der Waals surface area (Å²) in [5.74, 6) is 1.74. The number of nitrogens with one attached hydrogen (secondary N) is 1. The first kappa shape index (κ1) is 19.3. The van der Waals surface area contributed by atoms with E-state index in [4.69, 9.17) is 9.47 Å². The van der Waals surface area contributed by atoms with Crippen molar-refractivity contribution >= 4 is 11.4 Å². The molecule has 1 N–H and O–H groups in total. The molecule has 0 atom stereocenters. The van der Waals surface area contributed by atoms with Crippen LogP contribution in [-0.2, 0) is 11.3 Å². The zero-order chi connectivity index (χ0) is 20.1. The normalized spacial score (nSPS) is 14.1. The van der Waals surface area contributed by atoms with Gasteiger partial charge in [0.1, 0.15) is 11.5 Å². The summed E-state index contributed by atoms with van der Waals surface area (Å²) in [6.45, 7) is 5.17. The molecule has 1 saturated heterocycles. The highest BCUT2D eigenvalue weighted by Gasteiger charge is 2.18. The average molecular weight is 389 g/mol.